The third-order valence-corrected chi connectivity index (χ3v) is 4.77. The van der Waals surface area contributed by atoms with E-state index in [1.807, 2.05) is 0 Å². The number of piperidine rings is 1. The van der Waals surface area contributed by atoms with Crippen molar-refractivity contribution >= 4 is 29.2 Å². The Balaban J connectivity index is 1.49. The van der Waals surface area contributed by atoms with Crippen LogP contribution in [-0.4, -0.2) is 43.1 Å². The molecular formula is C17H22ClN3O3. The summed E-state index contributed by atoms with van der Waals surface area (Å²) >= 11 is 6.07. The van der Waals surface area contributed by atoms with Crippen LogP contribution in [0.2, 0.25) is 5.02 Å². The summed E-state index contributed by atoms with van der Waals surface area (Å²) in [5.41, 5.74) is 0.653. The molecule has 24 heavy (non-hydrogen) atoms. The molecule has 1 aliphatic heterocycles. The maximum Gasteiger partial charge on any atom is 0.317 e. The molecule has 6 nitrogen and oxygen atoms in total. The zero-order chi connectivity index (χ0) is 17.1. The number of hydrogen-bond donors (Lipinski definition) is 2. The van der Waals surface area contributed by atoms with E-state index in [0.717, 1.165) is 12.8 Å². The van der Waals surface area contributed by atoms with Crippen LogP contribution in [0, 0.1) is 5.92 Å². The van der Waals surface area contributed by atoms with Crippen molar-refractivity contribution in [3.8, 4) is 5.75 Å². The van der Waals surface area contributed by atoms with E-state index < -0.39 is 0 Å². The van der Waals surface area contributed by atoms with Crippen molar-refractivity contribution in [3.63, 3.8) is 0 Å². The van der Waals surface area contributed by atoms with Gasteiger partial charge in [0.05, 0.1) is 12.1 Å². The van der Waals surface area contributed by atoms with Gasteiger partial charge in [-0.2, -0.15) is 0 Å². The number of benzene rings is 1. The van der Waals surface area contributed by atoms with Gasteiger partial charge in [-0.1, -0.05) is 11.6 Å². The molecule has 2 N–H and O–H groups in total. The summed E-state index contributed by atoms with van der Waals surface area (Å²) in [6.07, 6.45) is 3.51. The molecule has 1 aromatic carbocycles. The summed E-state index contributed by atoms with van der Waals surface area (Å²) < 4.78 is 5.10. The van der Waals surface area contributed by atoms with E-state index in [1.54, 1.807) is 30.2 Å². The minimum atomic E-state index is -0.0872. The van der Waals surface area contributed by atoms with E-state index in [1.165, 1.54) is 0 Å². The van der Waals surface area contributed by atoms with Crippen LogP contribution in [0.15, 0.2) is 18.2 Å². The second kappa shape index (κ2) is 7.30. The maximum absolute atomic E-state index is 12.4. The lowest BCUT2D eigenvalue weighted by molar-refractivity contribution is -0.121. The largest absolute Gasteiger partial charge is 0.495 e. The van der Waals surface area contributed by atoms with E-state index in [9.17, 15) is 9.59 Å². The molecule has 0 atom stereocenters. The minimum absolute atomic E-state index is 0.00158. The van der Waals surface area contributed by atoms with Crippen LogP contribution in [0.1, 0.15) is 25.7 Å². The monoisotopic (exact) mass is 351 g/mol. The lowest BCUT2D eigenvalue weighted by Crippen LogP contribution is -2.46. The minimum Gasteiger partial charge on any atom is -0.495 e. The van der Waals surface area contributed by atoms with Crippen molar-refractivity contribution in [2.75, 3.05) is 25.5 Å². The SMILES string of the molecule is COc1ccc(NC(=O)C2CCN(C(=O)NC3CC3)CC2)cc1Cl. The van der Waals surface area contributed by atoms with Crippen LogP contribution in [0.3, 0.4) is 0 Å². The van der Waals surface area contributed by atoms with Gasteiger partial charge in [-0.15, -0.1) is 0 Å². The lowest BCUT2D eigenvalue weighted by Gasteiger charge is -2.31. The number of nitrogens with one attached hydrogen (secondary N) is 2. The molecule has 3 rings (SSSR count). The highest BCUT2D eigenvalue weighted by Crippen LogP contribution is 2.28. The fourth-order valence-corrected chi connectivity index (χ4v) is 3.08. The van der Waals surface area contributed by atoms with Gasteiger partial charge in [0.15, 0.2) is 0 Å². The van der Waals surface area contributed by atoms with Gasteiger partial charge in [-0.25, -0.2) is 4.79 Å². The van der Waals surface area contributed by atoms with Crippen molar-refractivity contribution in [1.82, 2.24) is 10.2 Å². The van der Waals surface area contributed by atoms with Crippen molar-refractivity contribution in [3.05, 3.63) is 23.2 Å². The molecule has 0 radical (unpaired) electrons. The second-order valence-corrected chi connectivity index (χ2v) is 6.73. The lowest BCUT2D eigenvalue weighted by atomic mass is 9.96. The number of carbonyl (C=O) groups is 2. The van der Waals surface area contributed by atoms with Gasteiger partial charge >= 0.3 is 6.03 Å². The van der Waals surface area contributed by atoms with E-state index >= 15 is 0 Å². The summed E-state index contributed by atoms with van der Waals surface area (Å²) in [6, 6.07) is 5.52. The van der Waals surface area contributed by atoms with Crippen molar-refractivity contribution in [1.29, 1.82) is 0 Å². The number of urea groups is 1. The van der Waals surface area contributed by atoms with Gasteiger partial charge in [-0.3, -0.25) is 4.79 Å². The molecule has 1 heterocycles. The first-order chi connectivity index (χ1) is 11.6. The first kappa shape index (κ1) is 16.9. The summed E-state index contributed by atoms with van der Waals surface area (Å²) in [5, 5.41) is 6.34. The number of hydrogen-bond acceptors (Lipinski definition) is 3. The fourth-order valence-electron chi connectivity index (χ4n) is 2.83. The molecule has 3 amide bonds. The Labute approximate surface area is 146 Å². The summed E-state index contributed by atoms with van der Waals surface area (Å²) in [7, 11) is 1.55. The smallest absolute Gasteiger partial charge is 0.317 e. The molecule has 130 valence electrons. The third kappa shape index (κ3) is 4.12. The molecular weight excluding hydrogens is 330 g/mol. The molecule has 0 unspecified atom stereocenters. The number of anilines is 1. The zero-order valence-corrected chi connectivity index (χ0v) is 14.4. The predicted octanol–water partition coefficient (Wildman–Crippen LogP) is 2.87. The van der Waals surface area contributed by atoms with Crippen LogP contribution in [0.5, 0.6) is 5.75 Å². The molecule has 0 bridgehead atoms. The van der Waals surface area contributed by atoms with Crippen LogP contribution in [-0.2, 0) is 4.79 Å². The van der Waals surface area contributed by atoms with E-state index in [0.29, 0.717) is 48.4 Å². The molecule has 1 aromatic rings. The Hall–Kier alpha value is -1.95. The summed E-state index contributed by atoms with van der Waals surface area (Å²) in [6.45, 7) is 1.22. The number of amides is 3. The number of nitrogens with zero attached hydrogens (tertiary/aromatic N) is 1. The van der Waals surface area contributed by atoms with Crippen LogP contribution >= 0.6 is 11.6 Å². The molecule has 1 aliphatic carbocycles. The summed E-state index contributed by atoms with van der Waals surface area (Å²) in [5.74, 6) is 0.457. The third-order valence-electron chi connectivity index (χ3n) is 4.48. The number of rotatable bonds is 4. The Morgan fingerprint density at radius 2 is 1.92 bits per heavy atom. The van der Waals surface area contributed by atoms with Gasteiger partial charge in [0.25, 0.3) is 0 Å². The quantitative estimate of drug-likeness (QED) is 0.876. The first-order valence-corrected chi connectivity index (χ1v) is 8.64. The van der Waals surface area contributed by atoms with E-state index in [2.05, 4.69) is 10.6 Å². The van der Waals surface area contributed by atoms with Gasteiger partial charge in [0.2, 0.25) is 5.91 Å². The number of methoxy groups -OCH3 is 1. The average Bonchev–Trinajstić information content (AvgIpc) is 3.39. The zero-order valence-electron chi connectivity index (χ0n) is 13.7. The molecule has 0 spiro atoms. The fraction of sp³-hybridized carbons (Fsp3) is 0.529. The Bertz CT molecular complexity index is 626. The Kier molecular flexibility index (Phi) is 5.14. The molecule has 2 aliphatic rings. The van der Waals surface area contributed by atoms with Crippen molar-refractivity contribution in [2.24, 2.45) is 5.92 Å². The summed E-state index contributed by atoms with van der Waals surface area (Å²) in [4.78, 5) is 26.2. The molecule has 2 fully saturated rings. The molecule has 7 heteroatoms. The van der Waals surface area contributed by atoms with Gasteiger partial charge in [-0.05, 0) is 43.9 Å². The van der Waals surface area contributed by atoms with Gasteiger partial charge in [0, 0.05) is 30.7 Å². The van der Waals surface area contributed by atoms with Crippen LogP contribution in [0.25, 0.3) is 0 Å². The highest BCUT2D eigenvalue weighted by Gasteiger charge is 2.30. The average molecular weight is 352 g/mol. The maximum atomic E-state index is 12.4. The Morgan fingerprint density at radius 1 is 1.21 bits per heavy atom. The molecule has 1 saturated heterocycles. The predicted molar refractivity (Wildman–Crippen MR) is 92.5 cm³/mol. The topological polar surface area (TPSA) is 70.7 Å². The standard InChI is InChI=1S/C17H22ClN3O3/c1-24-15-5-4-13(10-14(15)18)19-16(22)11-6-8-21(9-7-11)17(23)20-12-2-3-12/h4-5,10-12H,2-3,6-9H2,1H3,(H,19,22)(H,20,23). The number of carbonyl (C=O) groups excluding carboxylic acids is 2. The first-order valence-electron chi connectivity index (χ1n) is 8.26. The van der Waals surface area contributed by atoms with Crippen LogP contribution < -0.4 is 15.4 Å². The molecule has 0 aromatic heterocycles. The molecule has 1 saturated carbocycles. The Morgan fingerprint density at radius 3 is 2.50 bits per heavy atom. The van der Waals surface area contributed by atoms with E-state index in [4.69, 9.17) is 16.3 Å². The second-order valence-electron chi connectivity index (χ2n) is 6.32. The highest BCUT2D eigenvalue weighted by molar-refractivity contribution is 6.32. The van der Waals surface area contributed by atoms with Gasteiger partial charge in [0.1, 0.15) is 5.75 Å². The van der Waals surface area contributed by atoms with E-state index in [-0.39, 0.29) is 17.9 Å². The van der Waals surface area contributed by atoms with Crippen LogP contribution in [0.4, 0.5) is 10.5 Å². The van der Waals surface area contributed by atoms with Crippen molar-refractivity contribution in [2.45, 2.75) is 31.7 Å². The number of likely N-dealkylation sites (tertiary alicyclic amines) is 1. The van der Waals surface area contributed by atoms with Crippen molar-refractivity contribution < 1.29 is 14.3 Å². The number of halogens is 1. The number of ether oxygens (including phenoxy) is 1. The normalized spacial score (nSPS) is 18.2. The highest BCUT2D eigenvalue weighted by atomic mass is 35.5. The van der Waals surface area contributed by atoms with Gasteiger partial charge < -0.3 is 20.3 Å².